The second-order valence-electron chi connectivity index (χ2n) is 13.1. The highest BCUT2D eigenvalue weighted by atomic mass is 19.1. The fourth-order valence-electron chi connectivity index (χ4n) is 7.96. The Kier molecular flexibility index (Phi) is 5.59. The maximum Gasteiger partial charge on any atom is 0.137 e. The van der Waals surface area contributed by atoms with Crippen molar-refractivity contribution in [3.05, 3.63) is 163 Å². The summed E-state index contributed by atoms with van der Waals surface area (Å²) in [6, 6.07) is 49.1. The summed E-state index contributed by atoms with van der Waals surface area (Å²) in [5.74, 6) is -0.279. The van der Waals surface area contributed by atoms with Crippen molar-refractivity contribution in [1.82, 2.24) is 14.5 Å². The van der Waals surface area contributed by atoms with Gasteiger partial charge in [0.2, 0.25) is 0 Å². The number of nitrogens with zero attached hydrogens (tertiary/aromatic N) is 3. The summed E-state index contributed by atoms with van der Waals surface area (Å²) in [7, 11) is 0. The normalized spacial score (nSPS) is 12.4. The number of fused-ring (bicyclic) bond motifs is 11. The molecule has 0 bridgehead atoms. The van der Waals surface area contributed by atoms with Gasteiger partial charge < -0.3 is 8.98 Å². The lowest BCUT2D eigenvalue weighted by Gasteiger charge is -2.13. The number of hydrogen-bond acceptors (Lipinski definition) is 3. The van der Waals surface area contributed by atoms with Crippen LogP contribution in [-0.2, 0) is 6.42 Å². The minimum Gasteiger partial charge on any atom is -0.456 e. The van der Waals surface area contributed by atoms with Crippen LogP contribution in [0.25, 0.3) is 94.0 Å². The molecule has 10 aromatic rings. The SMILES string of the molecule is Fc1ccc(-c2nc3c(nc2-c2ccc(-n4c5ccccc5c5cc6c(cc54)oc4ccc5ccccc5c46)cc2)Cc2ccccc2-3)cc1. The van der Waals surface area contributed by atoms with Crippen LogP contribution in [0.4, 0.5) is 4.39 Å². The predicted octanol–water partition coefficient (Wildman–Crippen LogP) is 11.7. The first-order valence-corrected chi connectivity index (χ1v) is 16.8. The van der Waals surface area contributed by atoms with E-state index in [1.165, 1.54) is 39.2 Å². The molecule has 0 saturated heterocycles. The van der Waals surface area contributed by atoms with E-state index in [0.717, 1.165) is 84.5 Å². The van der Waals surface area contributed by atoms with Gasteiger partial charge in [-0.25, -0.2) is 14.4 Å². The molecular formula is C45H26FN3O. The van der Waals surface area contributed by atoms with Crippen LogP contribution in [0.1, 0.15) is 11.3 Å². The van der Waals surface area contributed by atoms with E-state index in [-0.39, 0.29) is 5.82 Å². The minimum absolute atomic E-state index is 0.279. The number of hydrogen-bond donors (Lipinski definition) is 0. The van der Waals surface area contributed by atoms with Crippen molar-refractivity contribution in [1.29, 1.82) is 0 Å². The van der Waals surface area contributed by atoms with Gasteiger partial charge in [0.05, 0.1) is 33.8 Å². The van der Waals surface area contributed by atoms with E-state index in [1.54, 1.807) is 12.1 Å². The highest BCUT2D eigenvalue weighted by Gasteiger charge is 2.25. The lowest BCUT2D eigenvalue weighted by molar-refractivity contribution is 0.628. The van der Waals surface area contributed by atoms with Gasteiger partial charge in [0.1, 0.15) is 17.0 Å². The lowest BCUT2D eigenvalue weighted by Crippen LogP contribution is -2.00. The van der Waals surface area contributed by atoms with Crippen molar-refractivity contribution in [2.75, 3.05) is 0 Å². The molecule has 1 aliphatic rings. The Morgan fingerprint density at radius 1 is 0.540 bits per heavy atom. The Labute approximate surface area is 285 Å². The van der Waals surface area contributed by atoms with Crippen LogP contribution < -0.4 is 0 Å². The van der Waals surface area contributed by atoms with E-state index >= 15 is 0 Å². The Bertz CT molecular complexity index is 3010. The van der Waals surface area contributed by atoms with Crippen LogP contribution in [0.5, 0.6) is 0 Å². The zero-order valence-electron chi connectivity index (χ0n) is 26.7. The average Bonchev–Trinajstić information content (AvgIpc) is 3.82. The quantitative estimate of drug-likeness (QED) is 0.192. The zero-order chi connectivity index (χ0) is 32.9. The summed E-state index contributed by atoms with van der Waals surface area (Å²) in [6.45, 7) is 0. The molecule has 4 nitrogen and oxygen atoms in total. The summed E-state index contributed by atoms with van der Waals surface area (Å²) in [4.78, 5) is 10.4. The van der Waals surface area contributed by atoms with Gasteiger partial charge >= 0.3 is 0 Å². The van der Waals surface area contributed by atoms with Crippen molar-refractivity contribution < 1.29 is 8.81 Å². The van der Waals surface area contributed by atoms with Gasteiger partial charge in [0.25, 0.3) is 0 Å². The Balaban J connectivity index is 1.10. The van der Waals surface area contributed by atoms with E-state index in [0.29, 0.717) is 0 Å². The third kappa shape index (κ3) is 3.92. The van der Waals surface area contributed by atoms with Crippen molar-refractivity contribution in [3.63, 3.8) is 0 Å². The molecule has 0 spiro atoms. The van der Waals surface area contributed by atoms with Gasteiger partial charge in [-0.2, -0.15) is 0 Å². The first-order valence-electron chi connectivity index (χ1n) is 16.8. The highest BCUT2D eigenvalue weighted by Crippen LogP contribution is 2.42. The van der Waals surface area contributed by atoms with Crippen LogP contribution in [0, 0.1) is 5.82 Å². The van der Waals surface area contributed by atoms with Gasteiger partial charge in [-0.15, -0.1) is 0 Å². The van der Waals surface area contributed by atoms with Crippen molar-refractivity contribution in [2.45, 2.75) is 6.42 Å². The first-order chi connectivity index (χ1) is 24.7. The first kappa shape index (κ1) is 27.4. The van der Waals surface area contributed by atoms with Crippen LogP contribution in [0.15, 0.2) is 150 Å². The Hall–Kier alpha value is -6.59. The smallest absolute Gasteiger partial charge is 0.137 e. The average molecular weight is 644 g/mol. The molecule has 0 aliphatic heterocycles. The molecule has 0 radical (unpaired) electrons. The van der Waals surface area contributed by atoms with Gasteiger partial charge in [-0.05, 0) is 70.9 Å². The van der Waals surface area contributed by atoms with Crippen LogP contribution >= 0.6 is 0 Å². The predicted molar refractivity (Wildman–Crippen MR) is 200 cm³/mol. The number of furan rings is 1. The van der Waals surface area contributed by atoms with Crippen molar-refractivity contribution in [2.24, 2.45) is 0 Å². The molecule has 0 amide bonds. The molecule has 0 N–H and O–H groups in total. The maximum absolute atomic E-state index is 14.0. The monoisotopic (exact) mass is 643 g/mol. The van der Waals surface area contributed by atoms with E-state index in [1.807, 2.05) is 6.07 Å². The van der Waals surface area contributed by atoms with Crippen molar-refractivity contribution in [3.8, 4) is 39.5 Å². The van der Waals surface area contributed by atoms with Gasteiger partial charge in [-0.3, -0.25) is 0 Å². The number of aromatic nitrogens is 3. The van der Waals surface area contributed by atoms with E-state index < -0.39 is 0 Å². The fraction of sp³-hybridized carbons (Fsp3) is 0.0222. The largest absolute Gasteiger partial charge is 0.456 e. The molecule has 5 heteroatoms. The van der Waals surface area contributed by atoms with E-state index in [2.05, 4.69) is 120 Å². The summed E-state index contributed by atoms with van der Waals surface area (Å²) >= 11 is 0. The molecule has 1 aliphatic carbocycles. The van der Waals surface area contributed by atoms with E-state index in [4.69, 9.17) is 14.4 Å². The fourth-order valence-corrected chi connectivity index (χ4v) is 7.96. The minimum atomic E-state index is -0.279. The molecule has 50 heavy (non-hydrogen) atoms. The standard InChI is InChI=1S/C45H26FN3O/c46-30-18-13-27(14-19-30)44-43(47-37-23-29-8-2-4-10-33(29)45(37)48-44)28-15-20-31(21-16-28)49-38-12-6-5-11-34(38)35-24-36-41(25-39(35)49)50-40-22-17-26-7-1-3-9-32(26)42(36)40/h1-22,24-25H,23H2. The maximum atomic E-state index is 14.0. The van der Waals surface area contributed by atoms with Crippen molar-refractivity contribution >= 4 is 54.5 Å². The summed E-state index contributed by atoms with van der Waals surface area (Å²) < 4.78 is 22.8. The second-order valence-corrected chi connectivity index (χ2v) is 13.1. The zero-order valence-corrected chi connectivity index (χ0v) is 26.7. The molecular weight excluding hydrogens is 618 g/mol. The summed E-state index contributed by atoms with van der Waals surface area (Å²) in [5.41, 5.74) is 12.5. The van der Waals surface area contributed by atoms with Gasteiger partial charge in [-0.1, -0.05) is 84.9 Å². The van der Waals surface area contributed by atoms with Crippen LogP contribution in [0.3, 0.4) is 0 Å². The molecule has 0 fully saturated rings. The summed E-state index contributed by atoms with van der Waals surface area (Å²) in [6.07, 6.45) is 0.737. The molecule has 3 heterocycles. The molecule has 0 unspecified atom stereocenters. The number of halogens is 1. The Morgan fingerprint density at radius 3 is 2.12 bits per heavy atom. The van der Waals surface area contributed by atoms with Crippen LogP contribution in [0.2, 0.25) is 0 Å². The molecule has 3 aromatic heterocycles. The second kappa shape index (κ2) is 10.2. The Morgan fingerprint density at radius 2 is 1.26 bits per heavy atom. The van der Waals surface area contributed by atoms with Crippen LogP contribution in [-0.4, -0.2) is 14.5 Å². The number of para-hydroxylation sites is 1. The topological polar surface area (TPSA) is 43.9 Å². The number of rotatable bonds is 3. The van der Waals surface area contributed by atoms with Gasteiger partial charge in [0.15, 0.2) is 0 Å². The van der Waals surface area contributed by atoms with E-state index in [9.17, 15) is 4.39 Å². The third-order valence-electron chi connectivity index (χ3n) is 10.3. The highest BCUT2D eigenvalue weighted by molar-refractivity contribution is 6.23. The lowest BCUT2D eigenvalue weighted by atomic mass is 10.0. The molecule has 0 atom stereocenters. The summed E-state index contributed by atoms with van der Waals surface area (Å²) in [5, 5.41) is 7.03. The van der Waals surface area contributed by atoms with Gasteiger partial charge in [0, 0.05) is 56.4 Å². The molecule has 234 valence electrons. The molecule has 0 saturated carbocycles. The molecule has 11 rings (SSSR count). The third-order valence-corrected chi connectivity index (χ3v) is 10.3. The number of benzene rings is 7. The molecule has 7 aromatic carbocycles.